The van der Waals surface area contributed by atoms with E-state index in [1.165, 1.54) is 13.0 Å². The molecule has 0 saturated carbocycles. The number of carbonyl (C=O) groups excluding carboxylic acids is 2. The summed E-state index contributed by atoms with van der Waals surface area (Å²) >= 11 is 1.16. The fourth-order valence-corrected chi connectivity index (χ4v) is 2.93. The molecule has 23 heavy (non-hydrogen) atoms. The van der Waals surface area contributed by atoms with E-state index in [0.29, 0.717) is 16.1 Å². The van der Waals surface area contributed by atoms with Crippen LogP contribution in [0.2, 0.25) is 0 Å². The van der Waals surface area contributed by atoms with Gasteiger partial charge in [-0.2, -0.15) is 0 Å². The van der Waals surface area contributed by atoms with Crippen molar-refractivity contribution in [2.24, 2.45) is 0 Å². The first kappa shape index (κ1) is 17.1. The summed E-state index contributed by atoms with van der Waals surface area (Å²) < 4.78 is 26.1. The molecule has 2 rings (SSSR count). The number of carbonyl (C=O) groups is 2. The van der Waals surface area contributed by atoms with Crippen LogP contribution in [0.1, 0.15) is 24.2 Å². The van der Waals surface area contributed by atoms with Gasteiger partial charge in [-0.05, 0) is 49.4 Å². The Kier molecular flexibility index (Phi) is 5.50. The van der Waals surface area contributed by atoms with Crippen molar-refractivity contribution in [1.29, 1.82) is 0 Å². The highest BCUT2D eigenvalue weighted by molar-refractivity contribution is 8.00. The number of anilines is 1. The highest BCUT2D eigenvalue weighted by Crippen LogP contribution is 2.27. The smallest absolute Gasteiger partial charge is 0.221 e. The molecule has 0 bridgehead atoms. The summed E-state index contributed by atoms with van der Waals surface area (Å²) in [5.41, 5.74) is 1.09. The van der Waals surface area contributed by atoms with Gasteiger partial charge >= 0.3 is 0 Å². The number of halogens is 2. The van der Waals surface area contributed by atoms with Crippen molar-refractivity contribution >= 4 is 29.1 Å². The Morgan fingerprint density at radius 2 is 1.70 bits per heavy atom. The Balaban J connectivity index is 2.06. The number of thioether (sulfide) groups is 1. The van der Waals surface area contributed by atoms with Crippen LogP contribution >= 0.6 is 11.8 Å². The minimum atomic E-state index is -0.936. The molecule has 3 nitrogen and oxygen atoms in total. The largest absolute Gasteiger partial charge is 0.326 e. The van der Waals surface area contributed by atoms with Crippen molar-refractivity contribution in [3.63, 3.8) is 0 Å². The zero-order chi connectivity index (χ0) is 17.0. The minimum Gasteiger partial charge on any atom is -0.326 e. The fourth-order valence-electron chi connectivity index (χ4n) is 1.96. The molecule has 0 aliphatic heterocycles. The summed E-state index contributed by atoms with van der Waals surface area (Å²) in [5.74, 6) is -2.17. The molecule has 120 valence electrons. The standard InChI is InChI=1S/C17H15F2NO2S/c1-10(23-14-7-8-15(18)16(19)9-14)17(22)12-3-5-13(6-4-12)20-11(2)21/h3-10H,1-2H3,(H,20,21)/t10-/m1/s1. The van der Waals surface area contributed by atoms with Crippen molar-refractivity contribution in [1.82, 2.24) is 0 Å². The second kappa shape index (κ2) is 7.37. The summed E-state index contributed by atoms with van der Waals surface area (Å²) in [6, 6.07) is 10.1. The van der Waals surface area contributed by atoms with Gasteiger partial charge in [0.1, 0.15) is 0 Å². The number of nitrogens with one attached hydrogen (secondary N) is 1. The molecule has 6 heteroatoms. The lowest BCUT2D eigenvalue weighted by atomic mass is 10.1. The molecule has 0 spiro atoms. The molecule has 1 N–H and O–H groups in total. The summed E-state index contributed by atoms with van der Waals surface area (Å²) in [6.07, 6.45) is 0. The van der Waals surface area contributed by atoms with Crippen LogP contribution in [0.4, 0.5) is 14.5 Å². The van der Waals surface area contributed by atoms with E-state index in [1.54, 1.807) is 31.2 Å². The molecule has 1 atom stereocenters. The molecule has 0 fully saturated rings. The van der Waals surface area contributed by atoms with E-state index in [0.717, 1.165) is 23.9 Å². The van der Waals surface area contributed by atoms with Crippen LogP contribution in [0.25, 0.3) is 0 Å². The van der Waals surface area contributed by atoms with Gasteiger partial charge in [0.05, 0.1) is 5.25 Å². The topological polar surface area (TPSA) is 46.2 Å². The third-order valence-corrected chi connectivity index (χ3v) is 4.16. The summed E-state index contributed by atoms with van der Waals surface area (Å²) in [5, 5.41) is 2.17. The van der Waals surface area contributed by atoms with E-state index in [2.05, 4.69) is 5.32 Å². The predicted molar refractivity (Wildman–Crippen MR) is 86.8 cm³/mol. The average molecular weight is 335 g/mol. The Morgan fingerprint density at radius 3 is 2.26 bits per heavy atom. The lowest BCUT2D eigenvalue weighted by Gasteiger charge is -2.11. The van der Waals surface area contributed by atoms with Crippen molar-refractivity contribution in [3.05, 3.63) is 59.7 Å². The quantitative estimate of drug-likeness (QED) is 0.655. The summed E-state index contributed by atoms with van der Waals surface area (Å²) in [6.45, 7) is 3.11. The maximum absolute atomic E-state index is 13.2. The van der Waals surface area contributed by atoms with Gasteiger partial charge in [-0.15, -0.1) is 11.8 Å². The van der Waals surface area contributed by atoms with E-state index >= 15 is 0 Å². The number of rotatable bonds is 5. The lowest BCUT2D eigenvalue weighted by molar-refractivity contribution is -0.114. The van der Waals surface area contributed by atoms with Crippen molar-refractivity contribution in [2.45, 2.75) is 24.0 Å². The molecular formula is C17H15F2NO2S. The molecule has 2 aromatic carbocycles. The number of hydrogen-bond acceptors (Lipinski definition) is 3. The first-order chi connectivity index (χ1) is 10.9. The number of hydrogen-bond donors (Lipinski definition) is 1. The lowest BCUT2D eigenvalue weighted by Crippen LogP contribution is -2.13. The van der Waals surface area contributed by atoms with Gasteiger partial charge in [0.25, 0.3) is 0 Å². The Labute approximate surface area is 137 Å². The summed E-state index contributed by atoms with van der Waals surface area (Å²) in [7, 11) is 0. The molecule has 2 aromatic rings. The molecular weight excluding hydrogens is 320 g/mol. The fraction of sp³-hybridized carbons (Fsp3) is 0.176. The SMILES string of the molecule is CC(=O)Nc1ccc(C(=O)[C@@H](C)Sc2ccc(F)c(F)c2)cc1. The third-order valence-electron chi connectivity index (χ3n) is 3.06. The highest BCUT2D eigenvalue weighted by atomic mass is 32.2. The van der Waals surface area contributed by atoms with Gasteiger partial charge in [0.2, 0.25) is 5.91 Å². The van der Waals surface area contributed by atoms with Crippen molar-refractivity contribution in [2.75, 3.05) is 5.32 Å². The zero-order valence-corrected chi connectivity index (χ0v) is 13.4. The van der Waals surface area contributed by atoms with Crippen molar-refractivity contribution in [3.8, 4) is 0 Å². The van der Waals surface area contributed by atoms with E-state index in [9.17, 15) is 18.4 Å². The van der Waals surface area contributed by atoms with Crippen LogP contribution in [0, 0.1) is 11.6 Å². The van der Waals surface area contributed by atoms with E-state index in [4.69, 9.17) is 0 Å². The highest BCUT2D eigenvalue weighted by Gasteiger charge is 2.17. The molecule has 0 aromatic heterocycles. The van der Waals surface area contributed by atoms with Crippen LogP contribution in [0.3, 0.4) is 0 Å². The molecule has 0 aliphatic carbocycles. The monoisotopic (exact) mass is 335 g/mol. The van der Waals surface area contributed by atoms with Gasteiger partial charge in [-0.25, -0.2) is 8.78 Å². The van der Waals surface area contributed by atoms with Gasteiger partial charge < -0.3 is 5.32 Å². The Bertz CT molecular complexity index is 732. The van der Waals surface area contributed by atoms with Crippen molar-refractivity contribution < 1.29 is 18.4 Å². The first-order valence-electron chi connectivity index (χ1n) is 6.90. The van der Waals surface area contributed by atoms with E-state index in [1.807, 2.05) is 0 Å². The first-order valence-corrected chi connectivity index (χ1v) is 7.78. The molecule has 1 amide bonds. The van der Waals surface area contributed by atoms with E-state index < -0.39 is 16.9 Å². The number of benzene rings is 2. The second-order valence-electron chi connectivity index (χ2n) is 4.96. The van der Waals surface area contributed by atoms with Crippen LogP contribution in [0.5, 0.6) is 0 Å². The third kappa shape index (κ3) is 4.63. The second-order valence-corrected chi connectivity index (χ2v) is 6.37. The Morgan fingerprint density at radius 1 is 1.04 bits per heavy atom. The van der Waals surface area contributed by atoms with Crippen LogP contribution in [-0.2, 0) is 4.79 Å². The molecule has 0 aliphatic rings. The van der Waals surface area contributed by atoms with Gasteiger partial charge in [-0.3, -0.25) is 9.59 Å². The predicted octanol–water partition coefficient (Wildman–Crippen LogP) is 4.29. The molecule has 0 saturated heterocycles. The van der Waals surface area contributed by atoms with Gasteiger partial charge in [-0.1, -0.05) is 0 Å². The van der Waals surface area contributed by atoms with E-state index in [-0.39, 0.29) is 11.7 Å². The maximum atomic E-state index is 13.2. The Hall–Kier alpha value is -2.21. The van der Waals surface area contributed by atoms with Crippen LogP contribution in [0.15, 0.2) is 47.4 Å². The molecule has 0 heterocycles. The number of amides is 1. The van der Waals surface area contributed by atoms with Crippen LogP contribution in [-0.4, -0.2) is 16.9 Å². The average Bonchev–Trinajstić information content (AvgIpc) is 2.50. The van der Waals surface area contributed by atoms with Gasteiger partial charge in [0, 0.05) is 23.1 Å². The molecule has 0 unspecified atom stereocenters. The maximum Gasteiger partial charge on any atom is 0.221 e. The normalized spacial score (nSPS) is 11.8. The van der Waals surface area contributed by atoms with Gasteiger partial charge in [0.15, 0.2) is 17.4 Å². The minimum absolute atomic E-state index is 0.130. The molecule has 0 radical (unpaired) electrons. The zero-order valence-electron chi connectivity index (χ0n) is 12.6. The summed E-state index contributed by atoms with van der Waals surface area (Å²) in [4.78, 5) is 23.8. The number of Topliss-reactive ketones (excluding diaryl/α,β-unsaturated/α-hetero) is 1. The number of ketones is 1. The van der Waals surface area contributed by atoms with Crippen LogP contribution < -0.4 is 5.32 Å².